The second-order valence-electron chi connectivity index (χ2n) is 5.07. The molecule has 0 bridgehead atoms. The van der Waals surface area contributed by atoms with Crippen LogP contribution in [0.1, 0.15) is 32.6 Å². The van der Waals surface area contributed by atoms with Crippen LogP contribution >= 0.6 is 0 Å². The highest BCUT2D eigenvalue weighted by Crippen LogP contribution is 2.22. The van der Waals surface area contributed by atoms with Crippen molar-refractivity contribution in [2.45, 2.75) is 38.6 Å². The number of ether oxygens (including phenoxy) is 1. The summed E-state index contributed by atoms with van der Waals surface area (Å²) in [5, 5.41) is 3.39. The molecule has 2 heterocycles. The van der Waals surface area contributed by atoms with Gasteiger partial charge in [-0.3, -0.25) is 9.69 Å². The molecule has 0 radical (unpaired) electrons. The van der Waals surface area contributed by atoms with Gasteiger partial charge in [-0.25, -0.2) is 0 Å². The lowest BCUT2D eigenvalue weighted by Crippen LogP contribution is -2.48. The van der Waals surface area contributed by atoms with E-state index >= 15 is 0 Å². The average molecular weight is 240 g/mol. The molecule has 2 fully saturated rings. The van der Waals surface area contributed by atoms with Crippen molar-refractivity contribution >= 4 is 5.97 Å². The van der Waals surface area contributed by atoms with Crippen LogP contribution in [-0.2, 0) is 9.53 Å². The summed E-state index contributed by atoms with van der Waals surface area (Å²) in [6, 6.07) is 0.675. The molecular formula is C13H24N2O2. The van der Waals surface area contributed by atoms with Crippen molar-refractivity contribution in [2.24, 2.45) is 5.92 Å². The summed E-state index contributed by atoms with van der Waals surface area (Å²) in [6.07, 6.45) is 4.57. The van der Waals surface area contributed by atoms with E-state index in [-0.39, 0.29) is 11.9 Å². The molecule has 0 spiro atoms. The molecule has 4 nitrogen and oxygen atoms in total. The number of likely N-dealkylation sites (tertiary alicyclic amines) is 1. The molecule has 2 aliphatic heterocycles. The lowest BCUT2D eigenvalue weighted by molar-refractivity contribution is -0.150. The predicted octanol–water partition coefficient (Wildman–Crippen LogP) is 1.01. The molecule has 0 unspecified atom stereocenters. The van der Waals surface area contributed by atoms with Crippen LogP contribution in [0.4, 0.5) is 0 Å². The molecule has 1 N–H and O–H groups in total. The van der Waals surface area contributed by atoms with Gasteiger partial charge in [0.15, 0.2) is 0 Å². The van der Waals surface area contributed by atoms with Gasteiger partial charge in [0.25, 0.3) is 0 Å². The number of nitrogens with one attached hydrogen (secondary N) is 1. The summed E-state index contributed by atoms with van der Waals surface area (Å²) in [5.41, 5.74) is 0. The summed E-state index contributed by atoms with van der Waals surface area (Å²) in [4.78, 5) is 14.3. The van der Waals surface area contributed by atoms with Gasteiger partial charge in [-0.05, 0) is 52.2 Å². The van der Waals surface area contributed by atoms with Gasteiger partial charge >= 0.3 is 5.97 Å². The van der Waals surface area contributed by atoms with E-state index in [0.29, 0.717) is 12.6 Å². The van der Waals surface area contributed by atoms with Crippen LogP contribution in [0.5, 0.6) is 0 Å². The topological polar surface area (TPSA) is 41.6 Å². The molecular weight excluding hydrogens is 216 g/mol. The lowest BCUT2D eigenvalue weighted by atomic mass is 9.94. The molecule has 17 heavy (non-hydrogen) atoms. The van der Waals surface area contributed by atoms with Gasteiger partial charge in [0, 0.05) is 12.6 Å². The van der Waals surface area contributed by atoms with E-state index in [1.165, 1.54) is 12.8 Å². The molecule has 2 rings (SSSR count). The minimum absolute atomic E-state index is 0.00568. The molecule has 0 aliphatic carbocycles. The van der Waals surface area contributed by atoms with Crippen LogP contribution in [-0.4, -0.2) is 49.7 Å². The monoisotopic (exact) mass is 240 g/mol. The lowest BCUT2D eigenvalue weighted by Gasteiger charge is -2.39. The number of esters is 1. The third kappa shape index (κ3) is 3.42. The van der Waals surface area contributed by atoms with Crippen molar-refractivity contribution in [3.63, 3.8) is 0 Å². The van der Waals surface area contributed by atoms with E-state index < -0.39 is 0 Å². The Labute approximate surface area is 104 Å². The molecule has 2 aliphatic rings. The van der Waals surface area contributed by atoms with E-state index in [9.17, 15) is 4.79 Å². The Kier molecular flexibility index (Phi) is 4.80. The van der Waals surface area contributed by atoms with Crippen LogP contribution in [0, 0.1) is 5.92 Å². The number of hydrogen-bond acceptors (Lipinski definition) is 4. The Morgan fingerprint density at radius 3 is 2.82 bits per heavy atom. The highest BCUT2D eigenvalue weighted by Gasteiger charge is 2.30. The Hall–Kier alpha value is -0.610. The van der Waals surface area contributed by atoms with Crippen LogP contribution in [0.3, 0.4) is 0 Å². The van der Waals surface area contributed by atoms with Crippen molar-refractivity contribution in [1.29, 1.82) is 0 Å². The van der Waals surface area contributed by atoms with Gasteiger partial charge in [0.1, 0.15) is 0 Å². The maximum Gasteiger partial charge on any atom is 0.310 e. The third-order valence-electron chi connectivity index (χ3n) is 3.90. The van der Waals surface area contributed by atoms with Crippen molar-refractivity contribution < 1.29 is 9.53 Å². The van der Waals surface area contributed by atoms with Crippen LogP contribution < -0.4 is 5.32 Å². The minimum Gasteiger partial charge on any atom is -0.466 e. The number of nitrogens with zero attached hydrogens (tertiary/aromatic N) is 1. The van der Waals surface area contributed by atoms with Gasteiger partial charge in [-0.2, -0.15) is 0 Å². The fourth-order valence-corrected chi connectivity index (χ4v) is 2.96. The van der Waals surface area contributed by atoms with Crippen molar-refractivity contribution in [2.75, 3.05) is 32.8 Å². The fraction of sp³-hybridized carbons (Fsp3) is 0.923. The molecule has 0 aromatic rings. The second kappa shape index (κ2) is 6.36. The molecule has 0 aromatic heterocycles. The smallest absolute Gasteiger partial charge is 0.310 e. The Morgan fingerprint density at radius 2 is 2.12 bits per heavy atom. The number of hydrogen-bond donors (Lipinski definition) is 1. The normalized spacial score (nSPS) is 27.9. The molecule has 4 heteroatoms. The maximum atomic E-state index is 11.8. The minimum atomic E-state index is 0.00568. The maximum absolute atomic E-state index is 11.8. The second-order valence-corrected chi connectivity index (χ2v) is 5.07. The van der Waals surface area contributed by atoms with E-state index in [1.807, 2.05) is 6.92 Å². The van der Waals surface area contributed by atoms with E-state index in [4.69, 9.17) is 4.74 Å². The Bertz CT molecular complexity index is 252. The molecule has 0 amide bonds. The molecule has 0 aromatic carbocycles. The van der Waals surface area contributed by atoms with Crippen molar-refractivity contribution in [3.05, 3.63) is 0 Å². The predicted molar refractivity (Wildman–Crippen MR) is 66.8 cm³/mol. The summed E-state index contributed by atoms with van der Waals surface area (Å²) in [6.45, 7) is 6.68. The summed E-state index contributed by atoms with van der Waals surface area (Å²) >= 11 is 0. The zero-order valence-corrected chi connectivity index (χ0v) is 10.8. The van der Waals surface area contributed by atoms with Gasteiger partial charge in [-0.1, -0.05) is 0 Å². The SMILES string of the molecule is CCOC(=O)[C@@H]1CCCN(C2CCNCC2)C1. The Balaban J connectivity index is 1.85. The molecule has 2 saturated heterocycles. The van der Waals surface area contributed by atoms with Crippen molar-refractivity contribution in [1.82, 2.24) is 10.2 Å². The summed E-state index contributed by atoms with van der Waals surface area (Å²) in [5.74, 6) is 0.115. The molecule has 98 valence electrons. The zero-order valence-electron chi connectivity index (χ0n) is 10.8. The number of rotatable bonds is 3. The van der Waals surface area contributed by atoms with E-state index in [1.54, 1.807) is 0 Å². The summed E-state index contributed by atoms with van der Waals surface area (Å²) < 4.78 is 5.14. The van der Waals surface area contributed by atoms with Crippen LogP contribution in [0.2, 0.25) is 0 Å². The van der Waals surface area contributed by atoms with Crippen LogP contribution in [0.25, 0.3) is 0 Å². The zero-order chi connectivity index (χ0) is 12.1. The van der Waals surface area contributed by atoms with E-state index in [2.05, 4.69) is 10.2 Å². The van der Waals surface area contributed by atoms with Gasteiger partial charge in [-0.15, -0.1) is 0 Å². The third-order valence-corrected chi connectivity index (χ3v) is 3.90. The highest BCUT2D eigenvalue weighted by molar-refractivity contribution is 5.72. The van der Waals surface area contributed by atoms with Crippen LogP contribution in [0.15, 0.2) is 0 Å². The number of carbonyl (C=O) groups excluding carboxylic acids is 1. The highest BCUT2D eigenvalue weighted by atomic mass is 16.5. The molecule has 0 saturated carbocycles. The van der Waals surface area contributed by atoms with Crippen molar-refractivity contribution in [3.8, 4) is 0 Å². The quantitative estimate of drug-likeness (QED) is 0.748. The first-order valence-corrected chi connectivity index (χ1v) is 6.92. The Morgan fingerprint density at radius 1 is 1.35 bits per heavy atom. The first kappa shape index (κ1) is 12.8. The average Bonchev–Trinajstić information content (AvgIpc) is 2.40. The summed E-state index contributed by atoms with van der Waals surface area (Å²) in [7, 11) is 0. The standard InChI is InChI=1S/C13H24N2O2/c1-2-17-13(16)11-4-3-9-15(10-11)12-5-7-14-8-6-12/h11-12,14H,2-10H2,1H3/t11-/m1/s1. The largest absolute Gasteiger partial charge is 0.466 e. The first-order valence-electron chi connectivity index (χ1n) is 6.92. The van der Waals surface area contributed by atoms with Gasteiger partial charge in [0.2, 0.25) is 0 Å². The molecule has 1 atom stereocenters. The fourth-order valence-electron chi connectivity index (χ4n) is 2.96. The van der Waals surface area contributed by atoms with E-state index in [0.717, 1.165) is 39.0 Å². The number of piperidine rings is 2. The number of carbonyl (C=O) groups is 1. The van der Waals surface area contributed by atoms with Gasteiger partial charge in [0.05, 0.1) is 12.5 Å². The van der Waals surface area contributed by atoms with Gasteiger partial charge < -0.3 is 10.1 Å². The first-order chi connectivity index (χ1) is 8.31.